The summed E-state index contributed by atoms with van der Waals surface area (Å²) in [6.45, 7) is -0.0744. The van der Waals surface area contributed by atoms with Crippen molar-refractivity contribution in [2.75, 3.05) is 5.32 Å². The highest BCUT2D eigenvalue weighted by atomic mass is 35.5. The predicted octanol–water partition coefficient (Wildman–Crippen LogP) is 3.61. The lowest BCUT2D eigenvalue weighted by molar-refractivity contribution is 0.0978. The molecule has 0 fully saturated rings. The van der Waals surface area contributed by atoms with E-state index < -0.39 is 5.91 Å². The second-order valence-electron chi connectivity index (χ2n) is 4.39. The molecule has 2 aromatic carbocycles. The molecule has 0 radical (unpaired) electrons. The number of nitrogens with one attached hydrogen (secondary N) is 2. The minimum absolute atomic E-state index is 0.0744. The lowest BCUT2D eigenvalue weighted by Gasteiger charge is -2.11. The first-order chi connectivity index (χ1) is 10.5. The highest BCUT2D eigenvalue weighted by molar-refractivity contribution is 7.80. The number of rotatable bonds is 3. The summed E-state index contributed by atoms with van der Waals surface area (Å²) in [7, 11) is 0. The number of benzene rings is 2. The standard InChI is InChI=1S/C15H12Cl2N2O2S/c16-10-4-5-12(13(17)7-10)14(21)19-15(22)18-11-3-1-2-9(6-11)8-20/h1-7,20H,8H2,(H2,18,19,21,22). The second kappa shape index (κ2) is 7.56. The molecular weight excluding hydrogens is 343 g/mol. The Morgan fingerprint density at radius 2 is 1.95 bits per heavy atom. The van der Waals surface area contributed by atoms with Crippen molar-refractivity contribution in [3.05, 3.63) is 63.6 Å². The summed E-state index contributed by atoms with van der Waals surface area (Å²) >= 11 is 16.8. The summed E-state index contributed by atoms with van der Waals surface area (Å²) in [5, 5.41) is 15.3. The van der Waals surface area contributed by atoms with Gasteiger partial charge in [0.05, 0.1) is 17.2 Å². The monoisotopic (exact) mass is 354 g/mol. The third kappa shape index (κ3) is 4.42. The van der Waals surface area contributed by atoms with Gasteiger partial charge < -0.3 is 10.4 Å². The van der Waals surface area contributed by atoms with Crippen LogP contribution in [0.4, 0.5) is 5.69 Å². The molecule has 0 unspecified atom stereocenters. The number of hydrogen-bond donors (Lipinski definition) is 3. The fourth-order valence-corrected chi connectivity index (χ4v) is 2.46. The molecule has 0 aliphatic carbocycles. The zero-order valence-electron chi connectivity index (χ0n) is 11.3. The van der Waals surface area contributed by atoms with E-state index in [0.717, 1.165) is 5.56 Å². The molecule has 0 aliphatic rings. The molecule has 0 aliphatic heterocycles. The molecule has 3 N–H and O–H groups in total. The molecular formula is C15H12Cl2N2O2S. The van der Waals surface area contributed by atoms with Gasteiger partial charge in [-0.2, -0.15) is 0 Å². The molecule has 0 heterocycles. The maximum Gasteiger partial charge on any atom is 0.258 e. The van der Waals surface area contributed by atoms with Crippen LogP contribution in [0.2, 0.25) is 10.0 Å². The van der Waals surface area contributed by atoms with Crippen LogP contribution in [0, 0.1) is 0 Å². The fourth-order valence-electron chi connectivity index (χ4n) is 1.75. The zero-order chi connectivity index (χ0) is 16.1. The van der Waals surface area contributed by atoms with Crippen LogP contribution in [0.5, 0.6) is 0 Å². The molecule has 22 heavy (non-hydrogen) atoms. The van der Waals surface area contributed by atoms with Gasteiger partial charge in [0, 0.05) is 10.7 Å². The Kier molecular flexibility index (Phi) is 5.74. The molecule has 7 heteroatoms. The molecule has 4 nitrogen and oxygen atoms in total. The number of carbonyl (C=O) groups excluding carboxylic acids is 1. The summed E-state index contributed by atoms with van der Waals surface area (Å²) in [4.78, 5) is 12.1. The number of carbonyl (C=O) groups is 1. The van der Waals surface area contributed by atoms with E-state index >= 15 is 0 Å². The lowest BCUT2D eigenvalue weighted by Crippen LogP contribution is -2.34. The van der Waals surface area contributed by atoms with E-state index in [-0.39, 0.29) is 22.3 Å². The fraction of sp³-hybridized carbons (Fsp3) is 0.0667. The molecule has 0 spiro atoms. The number of aliphatic hydroxyl groups is 1. The van der Waals surface area contributed by atoms with Gasteiger partial charge in [0.25, 0.3) is 5.91 Å². The van der Waals surface area contributed by atoms with Crippen molar-refractivity contribution < 1.29 is 9.90 Å². The largest absolute Gasteiger partial charge is 0.392 e. The highest BCUT2D eigenvalue weighted by Crippen LogP contribution is 2.20. The number of halogens is 2. The highest BCUT2D eigenvalue weighted by Gasteiger charge is 2.12. The van der Waals surface area contributed by atoms with Crippen molar-refractivity contribution in [3.63, 3.8) is 0 Å². The predicted molar refractivity (Wildman–Crippen MR) is 92.5 cm³/mol. The SMILES string of the molecule is O=C(NC(=S)Nc1cccc(CO)c1)c1ccc(Cl)cc1Cl. The van der Waals surface area contributed by atoms with Crippen molar-refractivity contribution in [3.8, 4) is 0 Å². The summed E-state index contributed by atoms with van der Waals surface area (Å²) in [5.74, 6) is -0.433. The quantitative estimate of drug-likeness (QED) is 0.736. The van der Waals surface area contributed by atoms with Gasteiger partial charge in [-0.05, 0) is 48.1 Å². The van der Waals surface area contributed by atoms with Crippen LogP contribution in [0.1, 0.15) is 15.9 Å². The van der Waals surface area contributed by atoms with Gasteiger partial charge in [-0.1, -0.05) is 35.3 Å². The summed E-state index contributed by atoms with van der Waals surface area (Å²) < 4.78 is 0. The summed E-state index contributed by atoms with van der Waals surface area (Å²) in [6, 6.07) is 11.6. The van der Waals surface area contributed by atoms with Gasteiger partial charge >= 0.3 is 0 Å². The van der Waals surface area contributed by atoms with Crippen LogP contribution in [-0.2, 0) is 6.61 Å². The zero-order valence-corrected chi connectivity index (χ0v) is 13.6. The first kappa shape index (κ1) is 16.7. The van der Waals surface area contributed by atoms with E-state index in [0.29, 0.717) is 10.7 Å². The van der Waals surface area contributed by atoms with Gasteiger partial charge in [-0.25, -0.2) is 0 Å². The Morgan fingerprint density at radius 1 is 1.18 bits per heavy atom. The maximum absolute atomic E-state index is 12.1. The average Bonchev–Trinajstić information content (AvgIpc) is 2.47. The van der Waals surface area contributed by atoms with Crippen LogP contribution in [0.15, 0.2) is 42.5 Å². The van der Waals surface area contributed by atoms with E-state index in [4.69, 9.17) is 40.5 Å². The van der Waals surface area contributed by atoms with Crippen LogP contribution in [-0.4, -0.2) is 16.1 Å². The minimum Gasteiger partial charge on any atom is -0.392 e. The number of thiocarbonyl (C=S) groups is 1. The molecule has 114 valence electrons. The Morgan fingerprint density at radius 3 is 2.64 bits per heavy atom. The molecule has 0 saturated carbocycles. The van der Waals surface area contributed by atoms with Crippen LogP contribution in [0.25, 0.3) is 0 Å². The Balaban J connectivity index is 2.03. The Hall–Kier alpha value is -1.66. The van der Waals surface area contributed by atoms with E-state index in [9.17, 15) is 4.79 Å². The topological polar surface area (TPSA) is 61.4 Å². The smallest absolute Gasteiger partial charge is 0.258 e. The lowest BCUT2D eigenvalue weighted by atomic mass is 10.2. The second-order valence-corrected chi connectivity index (χ2v) is 5.64. The van der Waals surface area contributed by atoms with Gasteiger partial charge in [0.2, 0.25) is 0 Å². The van der Waals surface area contributed by atoms with Crippen molar-refractivity contribution >= 4 is 52.1 Å². The van der Waals surface area contributed by atoms with Crippen molar-refractivity contribution in [1.29, 1.82) is 0 Å². The van der Waals surface area contributed by atoms with Crippen LogP contribution >= 0.6 is 35.4 Å². The van der Waals surface area contributed by atoms with E-state index in [1.54, 1.807) is 30.3 Å². The number of amides is 1. The van der Waals surface area contributed by atoms with Crippen molar-refractivity contribution in [1.82, 2.24) is 5.32 Å². The van der Waals surface area contributed by atoms with E-state index in [2.05, 4.69) is 10.6 Å². The normalized spacial score (nSPS) is 10.1. The van der Waals surface area contributed by atoms with Crippen molar-refractivity contribution in [2.24, 2.45) is 0 Å². The Bertz CT molecular complexity index is 722. The first-order valence-electron chi connectivity index (χ1n) is 6.27. The number of hydrogen-bond acceptors (Lipinski definition) is 3. The molecule has 2 aromatic rings. The molecule has 0 atom stereocenters. The summed E-state index contributed by atoms with van der Waals surface area (Å²) in [6.07, 6.45) is 0. The van der Waals surface area contributed by atoms with Gasteiger partial charge in [0.15, 0.2) is 5.11 Å². The minimum atomic E-state index is -0.433. The summed E-state index contributed by atoms with van der Waals surface area (Å²) in [5.41, 5.74) is 1.68. The van der Waals surface area contributed by atoms with Crippen molar-refractivity contribution in [2.45, 2.75) is 6.61 Å². The maximum atomic E-state index is 12.1. The number of anilines is 1. The molecule has 0 saturated heterocycles. The molecule has 0 aromatic heterocycles. The third-order valence-corrected chi connectivity index (χ3v) is 3.52. The van der Waals surface area contributed by atoms with Crippen LogP contribution < -0.4 is 10.6 Å². The van der Waals surface area contributed by atoms with Gasteiger partial charge in [-0.3, -0.25) is 10.1 Å². The third-order valence-electron chi connectivity index (χ3n) is 2.77. The molecule has 0 bridgehead atoms. The van der Waals surface area contributed by atoms with E-state index in [1.807, 2.05) is 0 Å². The average molecular weight is 355 g/mol. The van der Waals surface area contributed by atoms with Crippen LogP contribution in [0.3, 0.4) is 0 Å². The molecule has 2 rings (SSSR count). The van der Waals surface area contributed by atoms with Gasteiger partial charge in [-0.15, -0.1) is 0 Å². The molecule has 1 amide bonds. The Labute approximate surface area is 143 Å². The van der Waals surface area contributed by atoms with Gasteiger partial charge in [0.1, 0.15) is 0 Å². The van der Waals surface area contributed by atoms with E-state index in [1.165, 1.54) is 12.1 Å². The number of aliphatic hydroxyl groups excluding tert-OH is 1. The first-order valence-corrected chi connectivity index (χ1v) is 7.43.